The summed E-state index contributed by atoms with van der Waals surface area (Å²) in [6.07, 6.45) is 4.10. The van der Waals surface area contributed by atoms with Gasteiger partial charge in [-0.1, -0.05) is 5.21 Å². The molecule has 0 bridgehead atoms. The van der Waals surface area contributed by atoms with Crippen molar-refractivity contribution >= 4 is 5.91 Å². The molecule has 0 N–H and O–H groups in total. The molecule has 4 rings (SSSR count). The van der Waals surface area contributed by atoms with E-state index in [9.17, 15) is 9.18 Å². The number of carbonyl (C=O) groups is 1. The summed E-state index contributed by atoms with van der Waals surface area (Å²) in [6, 6.07) is 5.76. The minimum atomic E-state index is -0.971. The van der Waals surface area contributed by atoms with Gasteiger partial charge in [0.1, 0.15) is 18.0 Å². The monoisotopic (exact) mass is 396 g/mol. The number of aryl methyl sites for hydroxylation is 2. The molecule has 0 radical (unpaired) electrons. The van der Waals surface area contributed by atoms with Gasteiger partial charge in [-0.15, -0.1) is 5.10 Å². The highest BCUT2D eigenvalue weighted by atomic mass is 19.1. The van der Waals surface area contributed by atoms with Gasteiger partial charge in [0.05, 0.1) is 0 Å². The van der Waals surface area contributed by atoms with Crippen LogP contribution in [-0.2, 0) is 31.4 Å². The van der Waals surface area contributed by atoms with Crippen molar-refractivity contribution in [2.24, 2.45) is 7.05 Å². The zero-order valence-corrected chi connectivity index (χ0v) is 16.3. The van der Waals surface area contributed by atoms with E-state index in [1.54, 1.807) is 17.1 Å². The second kappa shape index (κ2) is 7.94. The maximum atomic E-state index is 12.6. The zero-order valence-electron chi connectivity index (χ0n) is 16.3. The highest BCUT2D eigenvalue weighted by Crippen LogP contribution is 2.24. The maximum absolute atomic E-state index is 12.6. The second-order valence-electron chi connectivity index (χ2n) is 6.98. The molecule has 1 aliphatic heterocycles. The first-order chi connectivity index (χ1) is 14.0. The average molecular weight is 396 g/mol. The van der Waals surface area contributed by atoms with E-state index in [2.05, 4.69) is 20.3 Å². The molecule has 9 heteroatoms. The molecule has 4 heterocycles. The third-order valence-corrected chi connectivity index (χ3v) is 5.02. The van der Waals surface area contributed by atoms with Crippen LogP contribution in [-0.4, -0.2) is 49.0 Å². The van der Waals surface area contributed by atoms with E-state index < -0.39 is 12.6 Å². The fourth-order valence-corrected chi connectivity index (χ4v) is 3.31. The van der Waals surface area contributed by atoms with Crippen LogP contribution in [0, 0.1) is 6.92 Å². The molecule has 0 aromatic carbocycles. The first-order valence-electron chi connectivity index (χ1n) is 9.31. The zero-order chi connectivity index (χ0) is 20.4. The number of amides is 1. The van der Waals surface area contributed by atoms with Gasteiger partial charge in [-0.2, -0.15) is 0 Å². The van der Waals surface area contributed by atoms with Gasteiger partial charge in [-0.3, -0.25) is 9.78 Å². The van der Waals surface area contributed by atoms with Crippen LogP contribution in [0.4, 0.5) is 4.39 Å². The molecule has 150 valence electrons. The lowest BCUT2D eigenvalue weighted by Gasteiger charge is -2.28. The van der Waals surface area contributed by atoms with Crippen molar-refractivity contribution in [2.75, 3.05) is 13.2 Å². The highest BCUT2D eigenvalue weighted by molar-refractivity contribution is 5.77. The number of nitrogens with zero attached hydrogens (tertiary/aromatic N) is 6. The SMILES string of the molecule is Cc1ccc(-c2nnn(C)c2COc2cc3c(cn2)CN(C(=O)CF)CC3)cn1. The van der Waals surface area contributed by atoms with Gasteiger partial charge in [0.15, 0.2) is 6.67 Å². The van der Waals surface area contributed by atoms with Crippen LogP contribution in [0.3, 0.4) is 0 Å². The Hall–Kier alpha value is -3.36. The number of rotatable bonds is 5. The molecule has 0 fully saturated rings. The summed E-state index contributed by atoms with van der Waals surface area (Å²) < 4.78 is 20.2. The van der Waals surface area contributed by atoms with Crippen molar-refractivity contribution in [1.29, 1.82) is 0 Å². The van der Waals surface area contributed by atoms with Gasteiger partial charge < -0.3 is 9.64 Å². The lowest BCUT2D eigenvalue weighted by atomic mass is 10.0. The lowest BCUT2D eigenvalue weighted by Crippen LogP contribution is -2.36. The molecule has 0 spiro atoms. The largest absolute Gasteiger partial charge is 0.471 e. The third kappa shape index (κ3) is 3.94. The number of carbonyl (C=O) groups excluding carboxylic acids is 1. The first kappa shape index (κ1) is 19.0. The van der Waals surface area contributed by atoms with Crippen molar-refractivity contribution < 1.29 is 13.9 Å². The fraction of sp³-hybridized carbons (Fsp3) is 0.350. The van der Waals surface area contributed by atoms with Gasteiger partial charge in [0.25, 0.3) is 5.91 Å². The average Bonchev–Trinajstić information content (AvgIpc) is 3.12. The molecule has 1 amide bonds. The summed E-state index contributed by atoms with van der Waals surface area (Å²) in [5.74, 6) is 0.000934. The summed E-state index contributed by atoms with van der Waals surface area (Å²) >= 11 is 0. The molecule has 3 aromatic heterocycles. The van der Waals surface area contributed by atoms with E-state index >= 15 is 0 Å². The predicted molar refractivity (Wildman–Crippen MR) is 103 cm³/mol. The number of fused-ring (bicyclic) bond motifs is 1. The first-order valence-corrected chi connectivity index (χ1v) is 9.31. The molecule has 0 atom stereocenters. The van der Waals surface area contributed by atoms with Crippen LogP contribution in [0.2, 0.25) is 0 Å². The van der Waals surface area contributed by atoms with Crippen molar-refractivity contribution in [3.63, 3.8) is 0 Å². The Balaban J connectivity index is 1.49. The quantitative estimate of drug-likeness (QED) is 0.656. The van der Waals surface area contributed by atoms with Crippen molar-refractivity contribution in [3.05, 3.63) is 53.1 Å². The number of alkyl halides is 1. The lowest BCUT2D eigenvalue weighted by molar-refractivity contribution is -0.133. The molecule has 0 aliphatic carbocycles. The molecule has 1 aliphatic rings. The van der Waals surface area contributed by atoms with E-state index in [0.717, 1.165) is 33.8 Å². The van der Waals surface area contributed by atoms with Crippen LogP contribution in [0.25, 0.3) is 11.3 Å². The van der Waals surface area contributed by atoms with Crippen LogP contribution in [0.15, 0.2) is 30.6 Å². The number of pyridine rings is 2. The summed E-state index contributed by atoms with van der Waals surface area (Å²) in [4.78, 5) is 21.7. The molecule has 3 aromatic rings. The minimum absolute atomic E-state index is 0.255. The Morgan fingerprint density at radius 1 is 1.24 bits per heavy atom. The van der Waals surface area contributed by atoms with Crippen molar-refractivity contribution in [1.82, 2.24) is 29.9 Å². The molecule has 8 nitrogen and oxygen atoms in total. The Kier molecular flexibility index (Phi) is 5.20. The van der Waals surface area contributed by atoms with Crippen molar-refractivity contribution in [2.45, 2.75) is 26.5 Å². The van der Waals surface area contributed by atoms with E-state index in [1.807, 2.05) is 32.2 Å². The third-order valence-electron chi connectivity index (χ3n) is 5.02. The number of halogens is 1. The fourth-order valence-electron chi connectivity index (χ4n) is 3.31. The molecule has 0 unspecified atom stereocenters. The number of hydrogen-bond acceptors (Lipinski definition) is 6. The van der Waals surface area contributed by atoms with Crippen LogP contribution in [0.5, 0.6) is 5.88 Å². The summed E-state index contributed by atoms with van der Waals surface area (Å²) in [5, 5.41) is 8.34. The Labute approximate surface area is 167 Å². The minimum Gasteiger partial charge on any atom is -0.471 e. The topological polar surface area (TPSA) is 86.0 Å². The van der Waals surface area contributed by atoms with E-state index in [-0.39, 0.29) is 6.61 Å². The van der Waals surface area contributed by atoms with E-state index in [1.165, 1.54) is 4.90 Å². The van der Waals surface area contributed by atoms with E-state index in [4.69, 9.17) is 4.74 Å². The van der Waals surface area contributed by atoms with E-state index in [0.29, 0.717) is 25.4 Å². The standard InChI is InChI=1S/C20H21FN6O2/c1-13-3-4-15(9-22-13)20-17(26(2)25-24-20)12-29-18-7-14-5-6-27(19(28)8-21)11-16(14)10-23-18/h3-4,7,9-10H,5-6,8,11-12H2,1-2H3. The van der Waals surface area contributed by atoms with Gasteiger partial charge in [0.2, 0.25) is 5.88 Å². The molecule has 0 saturated carbocycles. The molecule has 0 saturated heterocycles. The summed E-state index contributed by atoms with van der Waals surface area (Å²) in [6.45, 7) is 2.09. The van der Waals surface area contributed by atoms with Gasteiger partial charge in [0, 0.05) is 49.9 Å². The molecular weight excluding hydrogens is 375 g/mol. The number of hydrogen-bond donors (Lipinski definition) is 0. The Morgan fingerprint density at radius 3 is 2.86 bits per heavy atom. The number of ether oxygens (including phenoxy) is 1. The van der Waals surface area contributed by atoms with Crippen LogP contribution in [0.1, 0.15) is 22.5 Å². The predicted octanol–water partition coefficient (Wildman–Crippen LogP) is 2.01. The van der Waals surface area contributed by atoms with Crippen molar-refractivity contribution in [3.8, 4) is 17.1 Å². The summed E-state index contributed by atoms with van der Waals surface area (Å²) in [7, 11) is 1.81. The van der Waals surface area contributed by atoms with Crippen LogP contribution < -0.4 is 4.74 Å². The second-order valence-corrected chi connectivity index (χ2v) is 6.98. The Bertz CT molecular complexity index is 1030. The van der Waals surface area contributed by atoms with Gasteiger partial charge in [-0.25, -0.2) is 14.1 Å². The smallest absolute Gasteiger partial charge is 0.254 e. The Morgan fingerprint density at radius 2 is 2.10 bits per heavy atom. The molecular formula is C20H21FN6O2. The highest BCUT2D eigenvalue weighted by Gasteiger charge is 2.21. The summed E-state index contributed by atoms with van der Waals surface area (Å²) in [5.41, 5.74) is 5.31. The number of aromatic nitrogens is 5. The normalized spacial score (nSPS) is 13.3. The van der Waals surface area contributed by atoms with Gasteiger partial charge >= 0.3 is 0 Å². The van der Waals surface area contributed by atoms with Crippen LogP contribution >= 0.6 is 0 Å². The maximum Gasteiger partial charge on any atom is 0.254 e. The molecule has 29 heavy (non-hydrogen) atoms. The van der Waals surface area contributed by atoms with Gasteiger partial charge in [-0.05, 0) is 36.6 Å².